The molecule has 1 aromatic rings. The van der Waals surface area contributed by atoms with E-state index in [0.717, 1.165) is 23.3 Å². The Labute approximate surface area is 173 Å². The molecule has 7 nitrogen and oxygen atoms in total. The molecule has 1 aromatic carbocycles. The van der Waals surface area contributed by atoms with Crippen molar-refractivity contribution in [2.45, 2.75) is 45.4 Å². The van der Waals surface area contributed by atoms with Crippen molar-refractivity contribution in [2.24, 2.45) is 0 Å². The molecule has 0 bridgehead atoms. The Morgan fingerprint density at radius 2 is 1.87 bits per heavy atom. The Bertz CT molecular complexity index is 954. The molecule has 0 spiro atoms. The van der Waals surface area contributed by atoms with Gasteiger partial charge in [0.1, 0.15) is 5.82 Å². The first kappa shape index (κ1) is 20.3. The van der Waals surface area contributed by atoms with Gasteiger partial charge in [0.2, 0.25) is 0 Å². The first-order chi connectivity index (χ1) is 14.5. The van der Waals surface area contributed by atoms with Gasteiger partial charge in [0.25, 0.3) is 11.8 Å². The number of esters is 1. The van der Waals surface area contributed by atoms with E-state index in [1.54, 1.807) is 6.92 Å². The summed E-state index contributed by atoms with van der Waals surface area (Å²) < 4.78 is 19.7. The molecule has 0 atom stereocenters. The maximum atomic E-state index is 14.8. The van der Waals surface area contributed by atoms with Crippen molar-refractivity contribution in [1.82, 2.24) is 5.48 Å². The second kappa shape index (κ2) is 8.39. The molecule has 0 unspecified atom stereocenters. The maximum absolute atomic E-state index is 14.8. The summed E-state index contributed by atoms with van der Waals surface area (Å²) in [6.45, 7) is 2.15. The summed E-state index contributed by atoms with van der Waals surface area (Å²) in [6.07, 6.45) is 5.26. The van der Waals surface area contributed by atoms with Gasteiger partial charge in [-0.25, -0.2) is 9.29 Å². The molecule has 8 heteroatoms. The van der Waals surface area contributed by atoms with Crippen LogP contribution in [-0.4, -0.2) is 31.0 Å². The van der Waals surface area contributed by atoms with E-state index in [1.807, 2.05) is 6.08 Å². The SMILES string of the molecule is CCOC(=O)CCONC1=CCc2cc(F)c(N3C(=O)C4=C(CCCC4)C3=O)cc21. The summed E-state index contributed by atoms with van der Waals surface area (Å²) in [5.41, 5.74) is 5.76. The molecule has 2 amide bonds. The van der Waals surface area contributed by atoms with Gasteiger partial charge in [0.15, 0.2) is 0 Å². The number of halogens is 1. The normalized spacial score (nSPS) is 17.8. The standard InChI is InChI=1S/C22H23FN2O5/c1-2-29-20(26)9-10-30-24-18-8-7-13-11-17(23)19(12-16(13)18)25-21(27)14-5-3-4-6-15(14)22(25)28/h8,11-12,24H,2-7,9-10H2,1H3. The van der Waals surface area contributed by atoms with Crippen LogP contribution in [-0.2, 0) is 30.4 Å². The lowest BCUT2D eigenvalue weighted by atomic mass is 9.93. The van der Waals surface area contributed by atoms with Gasteiger partial charge in [0.05, 0.1) is 31.0 Å². The molecule has 4 rings (SSSR count). The van der Waals surface area contributed by atoms with Gasteiger partial charge in [-0.1, -0.05) is 6.08 Å². The van der Waals surface area contributed by atoms with E-state index >= 15 is 0 Å². The zero-order chi connectivity index (χ0) is 21.3. The van der Waals surface area contributed by atoms with Crippen molar-refractivity contribution < 1.29 is 28.3 Å². The van der Waals surface area contributed by atoms with E-state index in [0.29, 0.717) is 48.3 Å². The van der Waals surface area contributed by atoms with Crippen molar-refractivity contribution in [1.29, 1.82) is 0 Å². The van der Waals surface area contributed by atoms with Crippen molar-refractivity contribution in [3.63, 3.8) is 0 Å². The minimum atomic E-state index is -0.604. The van der Waals surface area contributed by atoms with E-state index in [4.69, 9.17) is 9.57 Å². The van der Waals surface area contributed by atoms with Crippen LogP contribution in [0.5, 0.6) is 0 Å². The maximum Gasteiger partial charge on any atom is 0.308 e. The Kier molecular flexibility index (Phi) is 5.67. The second-order valence-corrected chi connectivity index (χ2v) is 7.40. The highest BCUT2D eigenvalue weighted by Gasteiger charge is 2.41. The van der Waals surface area contributed by atoms with Gasteiger partial charge < -0.3 is 4.74 Å². The Morgan fingerprint density at radius 1 is 1.17 bits per heavy atom. The van der Waals surface area contributed by atoms with Crippen LogP contribution >= 0.6 is 0 Å². The summed E-state index contributed by atoms with van der Waals surface area (Å²) in [5, 5.41) is 0. The lowest BCUT2D eigenvalue weighted by molar-refractivity contribution is -0.144. The van der Waals surface area contributed by atoms with Crippen molar-refractivity contribution in [3.8, 4) is 0 Å². The molecule has 158 valence electrons. The fraction of sp³-hybridized carbons (Fsp3) is 0.409. The predicted molar refractivity (Wildman–Crippen MR) is 106 cm³/mol. The zero-order valence-electron chi connectivity index (χ0n) is 16.8. The van der Waals surface area contributed by atoms with Crippen molar-refractivity contribution in [3.05, 3.63) is 46.3 Å². The fourth-order valence-electron chi connectivity index (χ4n) is 4.07. The van der Waals surface area contributed by atoms with Gasteiger partial charge in [0, 0.05) is 16.7 Å². The smallest absolute Gasteiger partial charge is 0.308 e. The van der Waals surface area contributed by atoms with Gasteiger partial charge >= 0.3 is 5.97 Å². The lowest BCUT2D eigenvalue weighted by Crippen LogP contribution is -2.32. The number of carbonyl (C=O) groups excluding carboxylic acids is 3. The number of ether oxygens (including phenoxy) is 1. The molecule has 0 saturated heterocycles. The van der Waals surface area contributed by atoms with Crippen LogP contribution in [0, 0.1) is 5.82 Å². The van der Waals surface area contributed by atoms with Crippen molar-refractivity contribution >= 4 is 29.2 Å². The number of allylic oxidation sites excluding steroid dienone is 1. The third kappa shape index (κ3) is 3.63. The molecule has 2 aliphatic carbocycles. The molecule has 1 N–H and O–H groups in total. The number of fused-ring (bicyclic) bond motifs is 1. The number of rotatable bonds is 7. The molecule has 0 saturated carbocycles. The van der Waals surface area contributed by atoms with E-state index in [-0.39, 0.29) is 24.7 Å². The molecule has 30 heavy (non-hydrogen) atoms. The molecule has 0 fully saturated rings. The first-order valence-corrected chi connectivity index (χ1v) is 10.2. The number of anilines is 1. The zero-order valence-corrected chi connectivity index (χ0v) is 16.8. The summed E-state index contributed by atoms with van der Waals surface area (Å²) in [7, 11) is 0. The number of nitrogens with zero attached hydrogens (tertiary/aromatic N) is 1. The van der Waals surface area contributed by atoms with Crippen LogP contribution in [0.1, 0.15) is 50.2 Å². The van der Waals surface area contributed by atoms with Crippen LogP contribution in [0.4, 0.5) is 10.1 Å². The topological polar surface area (TPSA) is 84.9 Å². The number of benzene rings is 1. The highest BCUT2D eigenvalue weighted by atomic mass is 19.1. The number of hydrogen-bond donors (Lipinski definition) is 1. The van der Waals surface area contributed by atoms with E-state index < -0.39 is 17.6 Å². The number of hydrogen-bond acceptors (Lipinski definition) is 6. The molecule has 3 aliphatic rings. The quantitative estimate of drug-likeness (QED) is 0.320. The first-order valence-electron chi connectivity index (χ1n) is 10.2. The van der Waals surface area contributed by atoms with Gasteiger partial charge in [-0.15, -0.1) is 0 Å². The minimum absolute atomic E-state index is 0.0423. The average molecular weight is 414 g/mol. The third-order valence-electron chi connectivity index (χ3n) is 5.52. The molecule has 1 aliphatic heterocycles. The number of amides is 2. The number of hydroxylamine groups is 1. The Balaban J connectivity index is 1.50. The number of imide groups is 1. The predicted octanol–water partition coefficient (Wildman–Crippen LogP) is 2.94. The summed E-state index contributed by atoms with van der Waals surface area (Å²) in [6, 6.07) is 2.87. The van der Waals surface area contributed by atoms with E-state index in [9.17, 15) is 18.8 Å². The number of nitrogens with one attached hydrogen (secondary N) is 1. The summed E-state index contributed by atoms with van der Waals surface area (Å²) >= 11 is 0. The average Bonchev–Trinajstić information content (AvgIpc) is 3.23. The Hall–Kier alpha value is -3.00. The minimum Gasteiger partial charge on any atom is -0.466 e. The second-order valence-electron chi connectivity index (χ2n) is 7.40. The third-order valence-corrected chi connectivity index (χ3v) is 5.52. The molecular weight excluding hydrogens is 391 g/mol. The fourth-order valence-corrected chi connectivity index (χ4v) is 4.07. The molecule has 0 radical (unpaired) electrons. The van der Waals surface area contributed by atoms with Gasteiger partial charge in [-0.05, 0) is 56.7 Å². The van der Waals surface area contributed by atoms with Crippen LogP contribution in [0.15, 0.2) is 29.4 Å². The highest BCUT2D eigenvalue weighted by molar-refractivity contribution is 6.33. The van der Waals surface area contributed by atoms with Gasteiger partial charge in [-0.2, -0.15) is 0 Å². The van der Waals surface area contributed by atoms with Crippen LogP contribution in [0.25, 0.3) is 5.70 Å². The highest BCUT2D eigenvalue weighted by Crippen LogP contribution is 2.39. The van der Waals surface area contributed by atoms with Crippen LogP contribution < -0.4 is 10.4 Å². The van der Waals surface area contributed by atoms with Crippen LogP contribution in [0.3, 0.4) is 0 Å². The molecule has 1 heterocycles. The number of carbonyl (C=O) groups is 3. The van der Waals surface area contributed by atoms with Crippen molar-refractivity contribution in [2.75, 3.05) is 18.1 Å². The monoisotopic (exact) mass is 414 g/mol. The van der Waals surface area contributed by atoms with Crippen LogP contribution in [0.2, 0.25) is 0 Å². The van der Waals surface area contributed by atoms with Gasteiger partial charge in [-0.3, -0.25) is 24.7 Å². The summed E-state index contributed by atoms with van der Waals surface area (Å²) in [5.74, 6) is -1.80. The van der Waals surface area contributed by atoms with E-state index in [1.165, 1.54) is 12.1 Å². The Morgan fingerprint density at radius 3 is 2.53 bits per heavy atom. The van der Waals surface area contributed by atoms with E-state index in [2.05, 4.69) is 5.48 Å². The summed E-state index contributed by atoms with van der Waals surface area (Å²) in [4.78, 5) is 43.3. The lowest BCUT2D eigenvalue weighted by Gasteiger charge is -2.18. The largest absolute Gasteiger partial charge is 0.466 e. The molecular formula is C22H23FN2O5. The molecule has 0 aromatic heterocycles.